The molecule has 4 heteroatoms. The van der Waals surface area contributed by atoms with Gasteiger partial charge in [-0.3, -0.25) is 4.98 Å². The van der Waals surface area contributed by atoms with Crippen molar-refractivity contribution in [1.29, 1.82) is 10.5 Å². The minimum atomic E-state index is 0.458. The topological polar surface area (TPSA) is 63.7 Å². The number of anilines is 1. The van der Waals surface area contributed by atoms with Crippen LogP contribution >= 0.6 is 0 Å². The van der Waals surface area contributed by atoms with Gasteiger partial charge < -0.3 is 4.90 Å². The molecule has 1 heterocycles. The first-order chi connectivity index (χ1) is 10.2. The van der Waals surface area contributed by atoms with Crippen LogP contribution in [0.2, 0.25) is 0 Å². The highest BCUT2D eigenvalue weighted by atomic mass is 15.1. The van der Waals surface area contributed by atoms with E-state index in [1.165, 1.54) is 0 Å². The zero-order valence-electron chi connectivity index (χ0n) is 12.0. The van der Waals surface area contributed by atoms with Gasteiger partial charge in [0, 0.05) is 31.2 Å². The Balaban J connectivity index is 2.25. The van der Waals surface area contributed by atoms with Crippen molar-refractivity contribution in [2.45, 2.75) is 19.9 Å². The van der Waals surface area contributed by atoms with Gasteiger partial charge in [-0.15, -0.1) is 0 Å². The molecule has 0 aliphatic rings. The summed E-state index contributed by atoms with van der Waals surface area (Å²) >= 11 is 0. The molecule has 0 bridgehead atoms. The number of nitrogens with zero attached hydrogens (tertiary/aromatic N) is 4. The smallest absolute Gasteiger partial charge is 0.0994 e. The van der Waals surface area contributed by atoms with Gasteiger partial charge in [-0.1, -0.05) is 6.07 Å². The number of hydrogen-bond donors (Lipinski definition) is 0. The fourth-order valence-electron chi connectivity index (χ4n) is 2.17. The Morgan fingerprint density at radius 3 is 2.71 bits per heavy atom. The van der Waals surface area contributed by atoms with E-state index in [1.807, 2.05) is 43.5 Å². The van der Waals surface area contributed by atoms with Gasteiger partial charge in [-0.05, 0) is 42.3 Å². The van der Waals surface area contributed by atoms with Gasteiger partial charge in [-0.2, -0.15) is 10.5 Å². The first kappa shape index (κ1) is 14.6. The average molecular weight is 276 g/mol. The second kappa shape index (κ2) is 7.07. The molecular formula is C17H16N4. The number of aryl methyl sites for hydroxylation is 1. The van der Waals surface area contributed by atoms with Gasteiger partial charge in [0.1, 0.15) is 0 Å². The predicted molar refractivity (Wildman–Crippen MR) is 81.4 cm³/mol. The van der Waals surface area contributed by atoms with E-state index < -0.39 is 0 Å². The maximum atomic E-state index is 9.01. The molecule has 0 atom stereocenters. The van der Waals surface area contributed by atoms with E-state index in [-0.39, 0.29) is 0 Å². The molecule has 0 saturated carbocycles. The van der Waals surface area contributed by atoms with Gasteiger partial charge >= 0.3 is 0 Å². The summed E-state index contributed by atoms with van der Waals surface area (Å²) in [7, 11) is 0. The lowest BCUT2D eigenvalue weighted by molar-refractivity contribution is 0.794. The molecule has 0 fully saturated rings. The van der Waals surface area contributed by atoms with Crippen molar-refractivity contribution in [1.82, 2.24) is 4.98 Å². The van der Waals surface area contributed by atoms with E-state index in [9.17, 15) is 0 Å². The average Bonchev–Trinajstić information content (AvgIpc) is 2.52. The summed E-state index contributed by atoms with van der Waals surface area (Å²) in [5.74, 6) is 0. The zero-order chi connectivity index (χ0) is 15.1. The maximum absolute atomic E-state index is 9.01. The first-order valence-corrected chi connectivity index (χ1v) is 6.76. The molecule has 0 aliphatic heterocycles. The van der Waals surface area contributed by atoms with E-state index in [4.69, 9.17) is 10.5 Å². The molecule has 0 N–H and O–H groups in total. The molecule has 0 saturated heterocycles. The number of pyridine rings is 1. The standard InChI is InChI=1S/C17H16N4/c1-14-10-17(6-5-16(14)11-19)21(9-3-7-18)13-15-4-2-8-20-12-15/h2,4-6,8,10,12H,3,9,13H2,1H3. The summed E-state index contributed by atoms with van der Waals surface area (Å²) in [6.07, 6.45) is 4.03. The highest BCUT2D eigenvalue weighted by molar-refractivity contribution is 5.53. The molecule has 2 rings (SSSR count). The monoisotopic (exact) mass is 276 g/mol. The number of aromatic nitrogens is 1. The molecule has 4 nitrogen and oxygen atoms in total. The molecular weight excluding hydrogens is 260 g/mol. The number of rotatable bonds is 5. The van der Waals surface area contributed by atoms with E-state index >= 15 is 0 Å². The second-order valence-electron chi connectivity index (χ2n) is 4.80. The summed E-state index contributed by atoms with van der Waals surface area (Å²) in [5, 5.41) is 17.8. The van der Waals surface area contributed by atoms with Crippen LogP contribution in [0.1, 0.15) is 23.1 Å². The quantitative estimate of drug-likeness (QED) is 0.841. The van der Waals surface area contributed by atoms with Crippen LogP contribution < -0.4 is 4.90 Å². The number of benzene rings is 1. The molecule has 0 radical (unpaired) electrons. The Bertz CT molecular complexity index is 680. The van der Waals surface area contributed by atoms with Crippen molar-refractivity contribution < 1.29 is 0 Å². The minimum Gasteiger partial charge on any atom is -0.366 e. The summed E-state index contributed by atoms with van der Waals surface area (Å²) < 4.78 is 0. The molecule has 1 aromatic heterocycles. The predicted octanol–water partition coefficient (Wildman–Crippen LogP) is 3.18. The van der Waals surface area contributed by atoms with Gasteiger partial charge in [0.15, 0.2) is 0 Å². The van der Waals surface area contributed by atoms with Crippen molar-refractivity contribution >= 4 is 5.69 Å². The maximum Gasteiger partial charge on any atom is 0.0994 e. The molecule has 0 unspecified atom stereocenters. The lowest BCUT2D eigenvalue weighted by atomic mass is 10.1. The van der Waals surface area contributed by atoms with Crippen molar-refractivity contribution in [3.05, 3.63) is 59.4 Å². The second-order valence-corrected chi connectivity index (χ2v) is 4.80. The van der Waals surface area contributed by atoms with E-state index in [2.05, 4.69) is 22.0 Å². The van der Waals surface area contributed by atoms with E-state index in [1.54, 1.807) is 6.20 Å². The largest absolute Gasteiger partial charge is 0.366 e. The van der Waals surface area contributed by atoms with Crippen molar-refractivity contribution in [2.75, 3.05) is 11.4 Å². The fourth-order valence-corrected chi connectivity index (χ4v) is 2.17. The summed E-state index contributed by atoms with van der Waals surface area (Å²) in [4.78, 5) is 6.26. The summed E-state index contributed by atoms with van der Waals surface area (Å²) in [6.45, 7) is 3.27. The van der Waals surface area contributed by atoms with Crippen molar-refractivity contribution in [3.63, 3.8) is 0 Å². The van der Waals surface area contributed by atoms with Crippen molar-refractivity contribution in [2.24, 2.45) is 0 Å². The highest BCUT2D eigenvalue weighted by Gasteiger charge is 2.09. The SMILES string of the molecule is Cc1cc(N(CCC#N)Cc2cccnc2)ccc1C#N. The Hall–Kier alpha value is -2.85. The highest BCUT2D eigenvalue weighted by Crippen LogP contribution is 2.21. The van der Waals surface area contributed by atoms with Crippen LogP contribution in [0.15, 0.2) is 42.7 Å². The van der Waals surface area contributed by atoms with Gasteiger partial charge in [0.25, 0.3) is 0 Å². The molecule has 1 aromatic carbocycles. The van der Waals surface area contributed by atoms with Crippen LogP contribution in [0.3, 0.4) is 0 Å². The third-order valence-corrected chi connectivity index (χ3v) is 3.29. The first-order valence-electron chi connectivity index (χ1n) is 6.76. The van der Waals surface area contributed by atoms with Crippen molar-refractivity contribution in [3.8, 4) is 12.1 Å². The Morgan fingerprint density at radius 2 is 2.10 bits per heavy atom. The third-order valence-electron chi connectivity index (χ3n) is 3.29. The Labute approximate surface area is 124 Å². The number of hydrogen-bond acceptors (Lipinski definition) is 4. The molecule has 21 heavy (non-hydrogen) atoms. The van der Waals surface area contributed by atoms with Gasteiger partial charge in [0.2, 0.25) is 0 Å². The summed E-state index contributed by atoms with van der Waals surface area (Å²) in [6, 6.07) is 14.0. The van der Waals surface area contributed by atoms with Crippen LogP contribution in [0.5, 0.6) is 0 Å². The van der Waals surface area contributed by atoms with Crippen LogP contribution in [-0.2, 0) is 6.54 Å². The minimum absolute atomic E-state index is 0.458. The fraction of sp³-hybridized carbons (Fsp3) is 0.235. The van der Waals surface area contributed by atoms with Crippen LogP contribution in [0.25, 0.3) is 0 Å². The van der Waals surface area contributed by atoms with Crippen LogP contribution in [-0.4, -0.2) is 11.5 Å². The Morgan fingerprint density at radius 1 is 1.24 bits per heavy atom. The molecule has 104 valence electrons. The van der Waals surface area contributed by atoms with E-state index in [0.717, 1.165) is 16.8 Å². The van der Waals surface area contributed by atoms with Gasteiger partial charge in [-0.25, -0.2) is 0 Å². The van der Waals surface area contributed by atoms with Gasteiger partial charge in [0.05, 0.1) is 24.1 Å². The van der Waals surface area contributed by atoms with Crippen LogP contribution in [0, 0.1) is 29.6 Å². The van der Waals surface area contributed by atoms with E-state index in [0.29, 0.717) is 25.1 Å². The zero-order valence-corrected chi connectivity index (χ0v) is 12.0. The molecule has 2 aromatic rings. The molecule has 0 spiro atoms. The number of nitriles is 2. The lowest BCUT2D eigenvalue weighted by Crippen LogP contribution is -2.23. The van der Waals surface area contributed by atoms with Crippen LogP contribution in [0.4, 0.5) is 5.69 Å². The molecule has 0 aliphatic carbocycles. The lowest BCUT2D eigenvalue weighted by Gasteiger charge is -2.24. The Kier molecular flexibility index (Phi) is 4.90. The summed E-state index contributed by atoms with van der Waals surface area (Å²) in [5.41, 5.74) is 3.74. The normalized spacial score (nSPS) is 9.67. The third kappa shape index (κ3) is 3.81. The molecule has 0 amide bonds.